The summed E-state index contributed by atoms with van der Waals surface area (Å²) >= 11 is 0. The van der Waals surface area contributed by atoms with E-state index in [4.69, 9.17) is 10.6 Å². The lowest BCUT2D eigenvalue weighted by Gasteiger charge is -2.12. The first kappa shape index (κ1) is 11.9. The molecule has 5 heteroatoms. The average Bonchev–Trinajstić information content (AvgIpc) is 2.90. The standard InChI is InChI=1S/C14H16N4O/c1-2-10-8-13(18-15)17-14(16-10)12-7-9-5-3-4-6-11(9)19-12/h3-6,8,12H,2,7,15H2,1H3,(H,16,17,18). The van der Waals surface area contributed by atoms with Gasteiger partial charge in [-0.25, -0.2) is 15.8 Å². The van der Waals surface area contributed by atoms with Gasteiger partial charge in [-0.15, -0.1) is 0 Å². The van der Waals surface area contributed by atoms with E-state index in [0.717, 1.165) is 24.3 Å². The smallest absolute Gasteiger partial charge is 0.172 e. The van der Waals surface area contributed by atoms with Crippen molar-refractivity contribution in [3.05, 3.63) is 47.4 Å². The molecule has 3 rings (SSSR count). The molecule has 19 heavy (non-hydrogen) atoms. The molecule has 1 aliphatic rings. The fraction of sp³-hybridized carbons (Fsp3) is 0.286. The van der Waals surface area contributed by atoms with Crippen LogP contribution in [-0.4, -0.2) is 9.97 Å². The Morgan fingerprint density at radius 1 is 1.37 bits per heavy atom. The number of hydrogen-bond donors (Lipinski definition) is 2. The van der Waals surface area contributed by atoms with Crippen LogP contribution >= 0.6 is 0 Å². The third-order valence-corrected chi connectivity index (χ3v) is 3.24. The summed E-state index contributed by atoms with van der Waals surface area (Å²) in [5, 5.41) is 0. The Morgan fingerprint density at radius 2 is 2.21 bits per heavy atom. The number of hydrazine groups is 1. The maximum atomic E-state index is 5.90. The van der Waals surface area contributed by atoms with Gasteiger partial charge in [0.15, 0.2) is 11.9 Å². The van der Waals surface area contributed by atoms with Crippen LogP contribution < -0.4 is 16.0 Å². The molecule has 0 fully saturated rings. The molecular formula is C14H16N4O. The van der Waals surface area contributed by atoms with Crippen LogP contribution in [0.2, 0.25) is 0 Å². The Kier molecular flexibility index (Phi) is 3.05. The lowest BCUT2D eigenvalue weighted by Crippen LogP contribution is -2.15. The molecule has 1 unspecified atom stereocenters. The van der Waals surface area contributed by atoms with Gasteiger partial charge in [0.1, 0.15) is 11.6 Å². The molecule has 0 saturated heterocycles. The number of aromatic nitrogens is 2. The molecule has 0 spiro atoms. The summed E-state index contributed by atoms with van der Waals surface area (Å²) in [4.78, 5) is 8.93. The van der Waals surface area contributed by atoms with Crippen molar-refractivity contribution in [2.75, 3.05) is 5.43 Å². The summed E-state index contributed by atoms with van der Waals surface area (Å²) in [5.41, 5.74) is 4.73. The zero-order valence-electron chi connectivity index (χ0n) is 10.8. The van der Waals surface area contributed by atoms with E-state index >= 15 is 0 Å². The van der Waals surface area contributed by atoms with Crippen LogP contribution in [0.1, 0.15) is 30.1 Å². The molecule has 1 aromatic carbocycles. The first-order valence-corrected chi connectivity index (χ1v) is 6.39. The average molecular weight is 256 g/mol. The summed E-state index contributed by atoms with van der Waals surface area (Å²) in [6.07, 6.45) is 1.51. The summed E-state index contributed by atoms with van der Waals surface area (Å²) in [6.45, 7) is 2.05. The maximum Gasteiger partial charge on any atom is 0.172 e. The number of anilines is 1. The van der Waals surface area contributed by atoms with Crippen molar-refractivity contribution >= 4 is 5.82 Å². The van der Waals surface area contributed by atoms with Crippen LogP contribution in [0.3, 0.4) is 0 Å². The first-order valence-electron chi connectivity index (χ1n) is 6.39. The van der Waals surface area contributed by atoms with Gasteiger partial charge in [-0.3, -0.25) is 0 Å². The van der Waals surface area contributed by atoms with E-state index in [9.17, 15) is 0 Å². The van der Waals surface area contributed by atoms with Crippen LogP contribution in [0.15, 0.2) is 30.3 Å². The largest absolute Gasteiger partial charge is 0.482 e. The van der Waals surface area contributed by atoms with Gasteiger partial charge in [-0.05, 0) is 18.1 Å². The minimum atomic E-state index is -0.129. The normalized spacial score (nSPS) is 16.8. The van der Waals surface area contributed by atoms with Crippen molar-refractivity contribution < 1.29 is 4.74 Å². The lowest BCUT2D eigenvalue weighted by molar-refractivity contribution is 0.227. The van der Waals surface area contributed by atoms with Gasteiger partial charge in [0.25, 0.3) is 0 Å². The van der Waals surface area contributed by atoms with Crippen LogP contribution in [0.5, 0.6) is 5.75 Å². The number of ether oxygens (including phenoxy) is 1. The number of nitrogens with two attached hydrogens (primary N) is 1. The van der Waals surface area contributed by atoms with Crippen molar-refractivity contribution in [3.63, 3.8) is 0 Å². The molecule has 0 amide bonds. The lowest BCUT2D eigenvalue weighted by atomic mass is 10.1. The molecule has 5 nitrogen and oxygen atoms in total. The zero-order chi connectivity index (χ0) is 13.2. The fourth-order valence-electron chi connectivity index (χ4n) is 2.24. The molecule has 2 heterocycles. The second kappa shape index (κ2) is 4.85. The summed E-state index contributed by atoms with van der Waals surface area (Å²) < 4.78 is 5.90. The van der Waals surface area contributed by atoms with Crippen LogP contribution in [0.4, 0.5) is 5.82 Å². The van der Waals surface area contributed by atoms with Crippen molar-refractivity contribution in [1.29, 1.82) is 0 Å². The minimum Gasteiger partial charge on any atom is -0.482 e. The molecule has 1 aliphatic heterocycles. The van der Waals surface area contributed by atoms with Crippen molar-refractivity contribution in [2.45, 2.75) is 25.9 Å². The van der Waals surface area contributed by atoms with Gasteiger partial charge in [0.05, 0.1) is 0 Å². The molecule has 2 aromatic rings. The van der Waals surface area contributed by atoms with Crippen LogP contribution in [0, 0.1) is 0 Å². The van der Waals surface area contributed by atoms with Gasteiger partial charge in [0, 0.05) is 18.2 Å². The van der Waals surface area contributed by atoms with E-state index in [1.54, 1.807) is 0 Å². The van der Waals surface area contributed by atoms with Crippen LogP contribution in [-0.2, 0) is 12.8 Å². The fourth-order valence-corrected chi connectivity index (χ4v) is 2.24. The van der Waals surface area contributed by atoms with E-state index < -0.39 is 0 Å². The predicted molar refractivity (Wildman–Crippen MR) is 72.7 cm³/mol. The van der Waals surface area contributed by atoms with Crippen molar-refractivity contribution in [1.82, 2.24) is 9.97 Å². The minimum absolute atomic E-state index is 0.129. The molecule has 0 aliphatic carbocycles. The number of nitrogens with zero attached hydrogens (tertiary/aromatic N) is 2. The SMILES string of the molecule is CCc1cc(NN)nc(C2Cc3ccccc3O2)n1. The second-order valence-electron chi connectivity index (χ2n) is 4.52. The third-order valence-electron chi connectivity index (χ3n) is 3.24. The number of hydrogen-bond acceptors (Lipinski definition) is 5. The van der Waals surface area contributed by atoms with E-state index in [1.165, 1.54) is 5.56 Å². The van der Waals surface area contributed by atoms with Gasteiger partial charge >= 0.3 is 0 Å². The van der Waals surface area contributed by atoms with Gasteiger partial charge < -0.3 is 10.2 Å². The number of nitrogens with one attached hydrogen (secondary N) is 1. The Hall–Kier alpha value is -2.14. The van der Waals surface area contributed by atoms with Crippen LogP contribution in [0.25, 0.3) is 0 Å². The molecular weight excluding hydrogens is 240 g/mol. The first-order chi connectivity index (χ1) is 9.30. The highest BCUT2D eigenvalue weighted by atomic mass is 16.5. The Bertz CT molecular complexity index is 552. The monoisotopic (exact) mass is 256 g/mol. The number of fused-ring (bicyclic) bond motifs is 1. The maximum absolute atomic E-state index is 5.90. The Labute approximate surface area is 111 Å². The molecule has 0 bridgehead atoms. The second-order valence-corrected chi connectivity index (χ2v) is 4.52. The number of benzene rings is 1. The summed E-state index contributed by atoms with van der Waals surface area (Å²) in [7, 11) is 0. The van der Waals surface area contributed by atoms with Gasteiger partial charge in [0.2, 0.25) is 0 Å². The van der Waals surface area contributed by atoms with Crippen molar-refractivity contribution in [3.8, 4) is 5.75 Å². The van der Waals surface area contributed by atoms with Crippen molar-refractivity contribution in [2.24, 2.45) is 5.84 Å². The molecule has 98 valence electrons. The summed E-state index contributed by atoms with van der Waals surface area (Å²) in [6, 6.07) is 9.88. The van der Waals surface area contributed by atoms with E-state index in [0.29, 0.717) is 11.6 Å². The number of rotatable bonds is 3. The number of aryl methyl sites for hydroxylation is 1. The highest BCUT2D eigenvalue weighted by molar-refractivity contribution is 5.40. The number of nitrogen functional groups attached to an aromatic ring is 1. The van der Waals surface area contributed by atoms with E-state index in [-0.39, 0.29) is 6.10 Å². The molecule has 3 N–H and O–H groups in total. The summed E-state index contributed by atoms with van der Waals surface area (Å²) in [5.74, 6) is 7.67. The highest BCUT2D eigenvalue weighted by Gasteiger charge is 2.26. The van der Waals surface area contributed by atoms with E-state index in [2.05, 4.69) is 28.4 Å². The molecule has 0 saturated carbocycles. The Balaban J connectivity index is 1.92. The topological polar surface area (TPSA) is 73.1 Å². The third kappa shape index (κ3) is 2.24. The van der Waals surface area contributed by atoms with Gasteiger partial charge in [-0.1, -0.05) is 25.1 Å². The predicted octanol–water partition coefficient (Wildman–Crippen LogP) is 2.00. The molecule has 0 radical (unpaired) electrons. The highest BCUT2D eigenvalue weighted by Crippen LogP contribution is 2.35. The zero-order valence-corrected chi connectivity index (χ0v) is 10.8. The quantitative estimate of drug-likeness (QED) is 0.649. The van der Waals surface area contributed by atoms with E-state index in [1.807, 2.05) is 24.3 Å². The number of para-hydroxylation sites is 1. The Morgan fingerprint density at radius 3 is 2.95 bits per heavy atom. The molecule has 1 aromatic heterocycles. The molecule has 1 atom stereocenters. The van der Waals surface area contributed by atoms with Gasteiger partial charge in [-0.2, -0.15) is 0 Å².